The molecule has 0 saturated heterocycles. The number of fused-ring (bicyclic) bond motifs is 5. The van der Waals surface area contributed by atoms with Crippen molar-refractivity contribution in [3.63, 3.8) is 0 Å². The molecule has 0 aliphatic rings. The highest BCUT2D eigenvalue weighted by molar-refractivity contribution is 6.23. The predicted octanol–water partition coefficient (Wildman–Crippen LogP) is 12.6. The van der Waals surface area contributed by atoms with Crippen LogP contribution < -0.4 is 0 Å². The van der Waals surface area contributed by atoms with Gasteiger partial charge in [0.25, 0.3) is 0 Å². The summed E-state index contributed by atoms with van der Waals surface area (Å²) in [6, 6.07) is 45.7. The molecule has 0 saturated carbocycles. The second-order valence-corrected chi connectivity index (χ2v) is 11.3. The maximum atomic E-state index is 8.88. The van der Waals surface area contributed by atoms with Crippen molar-refractivity contribution in [2.24, 2.45) is 0 Å². The molecule has 0 amide bonds. The van der Waals surface area contributed by atoms with E-state index in [0.717, 1.165) is 76.9 Å². The van der Waals surface area contributed by atoms with E-state index in [1.807, 2.05) is 66.7 Å². The van der Waals surface area contributed by atoms with Gasteiger partial charge in [-0.15, -0.1) is 0 Å². The summed E-state index contributed by atoms with van der Waals surface area (Å²) >= 11 is 0. The minimum absolute atomic E-state index is 0.201. The highest BCUT2D eigenvalue weighted by Gasteiger charge is 2.20. The SMILES string of the molecule is [2H]c1c([2H])c([2H])c(-c2c3ccccc3c(-c3ccc4oc5c(-c6ccccc6)ccc(-c6ccccc6)c5c4c3)c3ccccc23)c([2H])c1[2H]. The zero-order valence-electron chi connectivity index (χ0n) is 29.2. The van der Waals surface area contributed by atoms with Crippen LogP contribution in [0.1, 0.15) is 6.85 Å². The van der Waals surface area contributed by atoms with Crippen LogP contribution in [0.15, 0.2) is 174 Å². The molecule has 0 radical (unpaired) electrons. The first kappa shape index (κ1) is 20.9. The second kappa shape index (κ2) is 10.4. The number of furan rings is 1. The minimum Gasteiger partial charge on any atom is -0.455 e. The van der Waals surface area contributed by atoms with Crippen molar-refractivity contribution in [1.29, 1.82) is 0 Å². The highest BCUT2D eigenvalue weighted by atomic mass is 16.3. The third-order valence-electron chi connectivity index (χ3n) is 8.76. The van der Waals surface area contributed by atoms with Crippen LogP contribution in [0.2, 0.25) is 0 Å². The summed E-state index contributed by atoms with van der Waals surface area (Å²) in [6.45, 7) is 0. The van der Waals surface area contributed by atoms with E-state index in [1.165, 1.54) is 0 Å². The van der Waals surface area contributed by atoms with Crippen molar-refractivity contribution < 1.29 is 11.3 Å². The molecule has 9 rings (SSSR count). The molecule has 9 aromatic rings. The van der Waals surface area contributed by atoms with E-state index in [1.54, 1.807) is 0 Å². The Bertz CT molecular complexity index is 2720. The van der Waals surface area contributed by atoms with Gasteiger partial charge in [0, 0.05) is 16.3 Å². The van der Waals surface area contributed by atoms with E-state index >= 15 is 0 Å². The van der Waals surface area contributed by atoms with Crippen LogP contribution in [0.25, 0.3) is 88.0 Å². The Balaban J connectivity index is 1.39. The Morgan fingerprint density at radius 1 is 0.400 bits per heavy atom. The lowest BCUT2D eigenvalue weighted by Crippen LogP contribution is -1.90. The van der Waals surface area contributed by atoms with Gasteiger partial charge in [-0.1, -0.05) is 152 Å². The van der Waals surface area contributed by atoms with Gasteiger partial charge in [-0.25, -0.2) is 0 Å². The molecule has 1 nitrogen and oxygen atoms in total. The van der Waals surface area contributed by atoms with Gasteiger partial charge in [0.15, 0.2) is 0 Å². The van der Waals surface area contributed by atoms with Crippen LogP contribution in [0.4, 0.5) is 0 Å². The fourth-order valence-electron chi connectivity index (χ4n) is 6.82. The van der Waals surface area contributed by atoms with Gasteiger partial charge >= 0.3 is 0 Å². The van der Waals surface area contributed by atoms with Gasteiger partial charge in [0.1, 0.15) is 11.2 Å². The Morgan fingerprint density at radius 3 is 1.51 bits per heavy atom. The van der Waals surface area contributed by atoms with Crippen LogP contribution >= 0.6 is 0 Å². The van der Waals surface area contributed by atoms with Crippen molar-refractivity contribution in [1.82, 2.24) is 0 Å². The third-order valence-corrected chi connectivity index (χ3v) is 8.76. The molecule has 8 aromatic carbocycles. The first-order valence-corrected chi connectivity index (χ1v) is 15.0. The van der Waals surface area contributed by atoms with Crippen LogP contribution in [0.3, 0.4) is 0 Å². The smallest absolute Gasteiger partial charge is 0.143 e. The lowest BCUT2D eigenvalue weighted by atomic mass is 9.85. The van der Waals surface area contributed by atoms with E-state index in [9.17, 15) is 0 Å². The van der Waals surface area contributed by atoms with Crippen LogP contribution in [0, 0.1) is 0 Å². The Kier molecular flexibility index (Phi) is 4.81. The summed E-state index contributed by atoms with van der Waals surface area (Å²) in [7, 11) is 0. The average Bonchev–Trinajstić information content (AvgIpc) is 3.55. The first-order chi connectivity index (χ1) is 24.4. The van der Waals surface area contributed by atoms with Crippen molar-refractivity contribution in [2.75, 3.05) is 0 Å². The average molecular weight is 578 g/mol. The summed E-state index contributed by atoms with van der Waals surface area (Å²) in [5.41, 5.74) is 8.73. The van der Waals surface area contributed by atoms with Gasteiger partial charge in [0.05, 0.1) is 6.85 Å². The molecule has 0 aliphatic heterocycles. The zero-order valence-corrected chi connectivity index (χ0v) is 24.2. The highest BCUT2D eigenvalue weighted by Crippen LogP contribution is 2.46. The number of hydrogen-bond acceptors (Lipinski definition) is 1. The van der Waals surface area contributed by atoms with Crippen LogP contribution in [-0.2, 0) is 0 Å². The van der Waals surface area contributed by atoms with Gasteiger partial charge in [0.2, 0.25) is 0 Å². The third kappa shape index (κ3) is 4.09. The molecule has 0 atom stereocenters. The predicted molar refractivity (Wildman–Crippen MR) is 190 cm³/mol. The summed E-state index contributed by atoms with van der Waals surface area (Å²) in [6.07, 6.45) is 0. The lowest BCUT2D eigenvalue weighted by Gasteiger charge is -2.17. The molecule has 0 bridgehead atoms. The molecule has 0 N–H and O–H groups in total. The Labute approximate surface area is 268 Å². The van der Waals surface area contributed by atoms with Crippen molar-refractivity contribution in [3.8, 4) is 44.5 Å². The van der Waals surface area contributed by atoms with Crippen molar-refractivity contribution in [3.05, 3.63) is 170 Å². The quantitative estimate of drug-likeness (QED) is 0.190. The lowest BCUT2D eigenvalue weighted by molar-refractivity contribution is 0.670. The normalized spacial score (nSPS) is 13.1. The largest absolute Gasteiger partial charge is 0.455 e. The van der Waals surface area contributed by atoms with Gasteiger partial charge < -0.3 is 4.42 Å². The van der Waals surface area contributed by atoms with E-state index in [-0.39, 0.29) is 29.7 Å². The molecule has 210 valence electrons. The van der Waals surface area contributed by atoms with Crippen molar-refractivity contribution >= 4 is 43.5 Å². The topological polar surface area (TPSA) is 13.1 Å². The number of rotatable bonds is 4. The molecule has 0 unspecified atom stereocenters. The van der Waals surface area contributed by atoms with E-state index in [2.05, 4.69) is 72.8 Å². The van der Waals surface area contributed by atoms with Gasteiger partial charge in [-0.3, -0.25) is 0 Å². The standard InChI is InChI=1S/C44H28O/c1-4-14-29(15-5-1)33-25-26-34(30-16-6-2-7-17-30)44-43(33)39-28-32(24-27-40(39)45-44)42-37-22-12-10-20-35(37)41(31-18-8-3-9-19-31)36-21-11-13-23-38(36)42/h1-28H/i3D,8D,9D,18D,19D. The zero-order chi connectivity index (χ0) is 34.1. The van der Waals surface area contributed by atoms with E-state index < -0.39 is 6.04 Å². The second-order valence-electron chi connectivity index (χ2n) is 11.3. The maximum Gasteiger partial charge on any atom is 0.143 e. The maximum absolute atomic E-state index is 8.88. The van der Waals surface area contributed by atoms with Crippen LogP contribution in [0.5, 0.6) is 0 Å². The summed E-state index contributed by atoms with van der Waals surface area (Å²) < 4.78 is 49.5. The van der Waals surface area contributed by atoms with E-state index in [0.29, 0.717) is 5.56 Å². The molecule has 1 heteroatoms. The fourth-order valence-corrected chi connectivity index (χ4v) is 6.82. The number of hydrogen-bond donors (Lipinski definition) is 0. The van der Waals surface area contributed by atoms with Crippen molar-refractivity contribution in [2.45, 2.75) is 0 Å². The van der Waals surface area contributed by atoms with Gasteiger partial charge in [-0.05, 0) is 78.7 Å². The monoisotopic (exact) mass is 577 g/mol. The van der Waals surface area contributed by atoms with E-state index in [4.69, 9.17) is 11.3 Å². The Hall–Kier alpha value is -5.92. The summed E-state index contributed by atoms with van der Waals surface area (Å²) in [5.74, 6) is 0. The molecule has 45 heavy (non-hydrogen) atoms. The molecule has 0 spiro atoms. The molecular formula is C44H28O. The molecule has 1 heterocycles. The van der Waals surface area contributed by atoms with Crippen LogP contribution in [-0.4, -0.2) is 0 Å². The molecule has 0 fully saturated rings. The molecule has 0 aliphatic carbocycles. The fraction of sp³-hybridized carbons (Fsp3) is 0. The minimum atomic E-state index is -0.403. The summed E-state index contributed by atoms with van der Waals surface area (Å²) in [4.78, 5) is 0. The molecule has 1 aromatic heterocycles. The summed E-state index contributed by atoms with van der Waals surface area (Å²) in [5, 5.41) is 5.51. The van der Waals surface area contributed by atoms with Gasteiger partial charge in [-0.2, -0.15) is 0 Å². The Morgan fingerprint density at radius 2 is 0.911 bits per heavy atom. The molecular weight excluding hydrogens is 544 g/mol. The first-order valence-electron chi connectivity index (χ1n) is 17.5. The number of benzene rings is 8.